The molecule has 0 radical (unpaired) electrons. The van der Waals surface area contributed by atoms with Gasteiger partial charge in [-0.1, -0.05) is 64.8 Å². The second kappa shape index (κ2) is 18.7. The summed E-state index contributed by atoms with van der Waals surface area (Å²) in [6.07, 6.45) is 16.7. The smallest absolute Gasteiger partial charge is 0.192 e. The van der Waals surface area contributed by atoms with Crippen LogP contribution in [0.15, 0.2) is 24.3 Å². The van der Waals surface area contributed by atoms with Gasteiger partial charge in [0.25, 0.3) is 0 Å². The molecule has 1 fully saturated rings. The van der Waals surface area contributed by atoms with E-state index in [4.69, 9.17) is 23.4 Å². The number of unbranched alkanes of at least 4 members (excludes halogenated alkanes) is 4. The lowest BCUT2D eigenvalue weighted by atomic mass is 9.82. The van der Waals surface area contributed by atoms with Crippen molar-refractivity contribution in [3.8, 4) is 0 Å². The Balaban J connectivity index is 3.13. The zero-order valence-corrected chi connectivity index (χ0v) is 29.4. The molecule has 0 N–H and O–H groups in total. The molecular formula is C34H64O6Si. The van der Waals surface area contributed by atoms with Gasteiger partial charge in [0.15, 0.2) is 20.4 Å². The van der Waals surface area contributed by atoms with Crippen LogP contribution in [0.2, 0.25) is 18.1 Å². The number of ketones is 1. The van der Waals surface area contributed by atoms with Gasteiger partial charge >= 0.3 is 0 Å². The van der Waals surface area contributed by atoms with E-state index in [2.05, 4.69) is 65.1 Å². The number of hydrogen-bond acceptors (Lipinski definition) is 6. The maximum atomic E-state index is 13.0. The van der Waals surface area contributed by atoms with Gasteiger partial charge in [0, 0.05) is 25.0 Å². The summed E-state index contributed by atoms with van der Waals surface area (Å²) in [4.78, 5) is 13.0. The van der Waals surface area contributed by atoms with E-state index in [1.807, 2.05) is 27.7 Å². The molecule has 6 nitrogen and oxygen atoms in total. The van der Waals surface area contributed by atoms with Crippen LogP contribution in [0.1, 0.15) is 114 Å². The Morgan fingerprint density at radius 3 is 2.32 bits per heavy atom. The predicted molar refractivity (Wildman–Crippen MR) is 173 cm³/mol. The van der Waals surface area contributed by atoms with Crippen LogP contribution in [0.25, 0.3) is 0 Å². The fourth-order valence-corrected chi connectivity index (χ4v) is 6.18. The highest BCUT2D eigenvalue weighted by Gasteiger charge is 2.41. The Bertz CT molecular complexity index is 785. The first kappa shape index (κ1) is 38.2. The van der Waals surface area contributed by atoms with Crippen molar-refractivity contribution in [2.75, 3.05) is 19.8 Å². The number of hydrogen-bond donors (Lipinski definition) is 0. The van der Waals surface area contributed by atoms with Crippen LogP contribution in [-0.4, -0.2) is 58.2 Å². The third-order valence-electron chi connectivity index (χ3n) is 8.41. The second-order valence-corrected chi connectivity index (χ2v) is 18.3. The summed E-state index contributed by atoms with van der Waals surface area (Å²) in [5, 5.41) is 0.103. The predicted octanol–water partition coefficient (Wildman–Crippen LogP) is 9.00. The van der Waals surface area contributed by atoms with Gasteiger partial charge in [0.1, 0.15) is 5.78 Å². The largest absolute Gasteiger partial charge is 0.411 e. The monoisotopic (exact) mass is 596 g/mol. The van der Waals surface area contributed by atoms with Gasteiger partial charge in [0.05, 0.1) is 18.8 Å². The van der Waals surface area contributed by atoms with Crippen molar-refractivity contribution < 1.29 is 28.2 Å². The zero-order chi connectivity index (χ0) is 31.1. The third-order valence-corrected chi connectivity index (χ3v) is 12.9. The van der Waals surface area contributed by atoms with Crippen molar-refractivity contribution in [3.63, 3.8) is 0 Å². The summed E-state index contributed by atoms with van der Waals surface area (Å²) in [5.74, 6) is -0.716. The number of rotatable bonds is 21. The van der Waals surface area contributed by atoms with Crippen LogP contribution >= 0.6 is 0 Å². The van der Waals surface area contributed by atoms with Crippen molar-refractivity contribution in [1.82, 2.24) is 0 Å². The molecule has 0 aliphatic carbocycles. The summed E-state index contributed by atoms with van der Waals surface area (Å²) in [6.45, 7) is 25.0. The zero-order valence-electron chi connectivity index (χ0n) is 28.4. The van der Waals surface area contributed by atoms with Gasteiger partial charge in [-0.3, -0.25) is 4.79 Å². The molecule has 1 aliphatic heterocycles. The van der Waals surface area contributed by atoms with E-state index in [9.17, 15) is 4.79 Å². The molecule has 0 bridgehead atoms. The third kappa shape index (κ3) is 14.9. The van der Waals surface area contributed by atoms with Crippen molar-refractivity contribution in [2.24, 2.45) is 11.8 Å². The lowest BCUT2D eigenvalue weighted by Gasteiger charge is -2.39. The van der Waals surface area contributed by atoms with E-state index in [-0.39, 0.29) is 41.2 Å². The number of ether oxygens (including phenoxy) is 4. The van der Waals surface area contributed by atoms with E-state index in [1.165, 1.54) is 19.3 Å². The highest BCUT2D eigenvalue weighted by atomic mass is 28.4. The number of allylic oxidation sites excluding steroid dienone is 2. The molecular weight excluding hydrogens is 532 g/mol. The highest BCUT2D eigenvalue weighted by Crippen LogP contribution is 2.39. The number of carbonyl (C=O) groups is 1. The standard InChI is InChI=1S/C34H64O6Si/c1-12-14-15-16-17-18-22-30(27(3)35)31(32-26-38-34(8,9)39-32)24-23-29(40-41(10,11)33(5,6)7)21-19-20-25-37-28(4)36-13-2/h17-18,23-24,28-32H,12-16,19-22,25-26H2,1-11H3/b18-17-,24-23+/t28?,29?,30-,31+,32-/m1/s1. The SMILES string of the molecule is CCCCC/C=C\C[C@H](C(C)=O)[C@H](/C=C/C(CCCCOC(C)OCC)O[Si](C)(C)C(C)(C)C)[C@H]1COC(C)(C)O1. The van der Waals surface area contributed by atoms with Gasteiger partial charge in [0.2, 0.25) is 0 Å². The summed E-state index contributed by atoms with van der Waals surface area (Å²) in [5.41, 5.74) is 0. The van der Waals surface area contributed by atoms with Crippen molar-refractivity contribution >= 4 is 14.1 Å². The summed E-state index contributed by atoms with van der Waals surface area (Å²) >= 11 is 0. The van der Waals surface area contributed by atoms with Crippen LogP contribution in [0.3, 0.4) is 0 Å². The Hall–Kier alpha value is -0.833. The molecule has 0 aromatic rings. The van der Waals surface area contributed by atoms with Gasteiger partial charge in [-0.05, 0) is 91.3 Å². The lowest BCUT2D eigenvalue weighted by molar-refractivity contribution is -0.147. The molecule has 1 saturated heterocycles. The van der Waals surface area contributed by atoms with E-state index in [0.717, 1.165) is 25.7 Å². The topological polar surface area (TPSA) is 63.2 Å². The normalized spacial score (nSPS) is 21.0. The van der Waals surface area contributed by atoms with Gasteiger partial charge in [-0.2, -0.15) is 0 Å². The summed E-state index contributed by atoms with van der Waals surface area (Å²) in [6, 6.07) is 0. The molecule has 1 rings (SSSR count). The number of carbonyl (C=O) groups excluding carboxylic acids is 1. The van der Waals surface area contributed by atoms with E-state index in [0.29, 0.717) is 26.2 Å². The maximum absolute atomic E-state index is 13.0. The Morgan fingerprint density at radius 1 is 1.05 bits per heavy atom. The molecule has 1 aliphatic rings. The molecule has 5 atom stereocenters. The first-order valence-corrected chi connectivity index (χ1v) is 19.1. The van der Waals surface area contributed by atoms with E-state index < -0.39 is 14.1 Å². The van der Waals surface area contributed by atoms with Crippen LogP contribution in [-0.2, 0) is 28.2 Å². The van der Waals surface area contributed by atoms with Crippen molar-refractivity contribution in [3.05, 3.63) is 24.3 Å². The van der Waals surface area contributed by atoms with Crippen LogP contribution in [0.5, 0.6) is 0 Å². The summed E-state index contributed by atoms with van der Waals surface area (Å²) in [7, 11) is -2.01. The minimum Gasteiger partial charge on any atom is -0.411 e. The average Bonchev–Trinajstić information content (AvgIpc) is 3.22. The fraction of sp³-hybridized carbons (Fsp3) is 0.853. The van der Waals surface area contributed by atoms with E-state index in [1.54, 1.807) is 6.92 Å². The maximum Gasteiger partial charge on any atom is 0.192 e. The molecule has 0 aromatic carbocycles. The Kier molecular flexibility index (Phi) is 17.5. The minimum atomic E-state index is -2.01. The van der Waals surface area contributed by atoms with Crippen LogP contribution in [0, 0.1) is 11.8 Å². The van der Waals surface area contributed by atoms with Crippen molar-refractivity contribution in [2.45, 2.75) is 156 Å². The second-order valence-electron chi connectivity index (χ2n) is 13.6. The van der Waals surface area contributed by atoms with Crippen LogP contribution in [0.4, 0.5) is 0 Å². The van der Waals surface area contributed by atoms with Gasteiger partial charge in [-0.25, -0.2) is 0 Å². The molecule has 2 unspecified atom stereocenters. The molecule has 0 spiro atoms. The van der Waals surface area contributed by atoms with Gasteiger partial charge < -0.3 is 23.4 Å². The molecule has 0 aromatic heterocycles. The van der Waals surface area contributed by atoms with Gasteiger partial charge in [-0.15, -0.1) is 0 Å². The van der Waals surface area contributed by atoms with E-state index >= 15 is 0 Å². The molecule has 0 amide bonds. The van der Waals surface area contributed by atoms with Crippen LogP contribution < -0.4 is 0 Å². The minimum absolute atomic E-state index is 0.0322. The Morgan fingerprint density at radius 2 is 1.76 bits per heavy atom. The first-order valence-electron chi connectivity index (χ1n) is 16.2. The highest BCUT2D eigenvalue weighted by molar-refractivity contribution is 6.74. The first-order chi connectivity index (χ1) is 19.1. The molecule has 240 valence electrons. The number of Topliss-reactive ketones (excluding diaryl/α,β-unsaturated/α-hetero) is 1. The Labute approximate surface area is 254 Å². The summed E-state index contributed by atoms with van der Waals surface area (Å²) < 4.78 is 30.5. The quantitative estimate of drug-likeness (QED) is 0.0570. The molecule has 1 heterocycles. The fourth-order valence-electron chi connectivity index (χ4n) is 4.87. The molecule has 0 saturated carbocycles. The lowest BCUT2D eigenvalue weighted by Crippen LogP contribution is -2.43. The van der Waals surface area contributed by atoms with Crippen molar-refractivity contribution in [1.29, 1.82) is 0 Å². The molecule has 7 heteroatoms. The molecule has 41 heavy (non-hydrogen) atoms. The average molecular weight is 597 g/mol.